The smallest absolute Gasteiger partial charge is 0.335 e. The molecule has 14 nitrogen and oxygen atoms in total. The monoisotopic (exact) mass is 794 g/mol. The Labute approximate surface area is 329 Å². The van der Waals surface area contributed by atoms with E-state index >= 15 is 0 Å². The van der Waals surface area contributed by atoms with Crippen molar-refractivity contribution in [3.63, 3.8) is 0 Å². The summed E-state index contributed by atoms with van der Waals surface area (Å²) in [6, 6.07) is 0. The van der Waals surface area contributed by atoms with Crippen LogP contribution in [0.3, 0.4) is 0 Å². The van der Waals surface area contributed by atoms with Gasteiger partial charge in [0.25, 0.3) is 0 Å². The Morgan fingerprint density at radius 2 is 1.43 bits per heavy atom. The van der Waals surface area contributed by atoms with Gasteiger partial charge in [0.1, 0.15) is 42.7 Å². The summed E-state index contributed by atoms with van der Waals surface area (Å²) in [5, 5.41) is 82.5. The Morgan fingerprint density at radius 1 is 0.768 bits per heavy atom. The molecule has 6 fully saturated rings. The molecule has 0 aromatic carbocycles. The first-order valence-electron chi connectivity index (χ1n) is 20.9. The Bertz CT molecular complexity index is 1550. The average molecular weight is 795 g/mol. The highest BCUT2D eigenvalue weighted by molar-refractivity contribution is 5.79. The molecule has 0 amide bonds. The molecule has 7 aliphatic rings. The van der Waals surface area contributed by atoms with Crippen LogP contribution in [0.5, 0.6) is 0 Å². The fourth-order valence-corrected chi connectivity index (χ4v) is 13.8. The van der Waals surface area contributed by atoms with Gasteiger partial charge in [-0.2, -0.15) is 0 Å². The molecule has 4 saturated carbocycles. The Balaban J connectivity index is 1.16. The second-order valence-corrected chi connectivity index (χ2v) is 20.1. The molecule has 10 unspecified atom stereocenters. The highest BCUT2D eigenvalue weighted by Gasteiger charge is 2.70. The van der Waals surface area contributed by atoms with E-state index in [-0.39, 0.29) is 34.0 Å². The molecule has 318 valence electrons. The maximum Gasteiger partial charge on any atom is 0.335 e. The standard InChI is InChI=1S/C42H66O14/c1-19-10-15-42(37(52)56-35-31(48)28(45)27(44)22(18-43)53-35)17-16-40(6)21(26(42)20(19)2)8-9-24-39(5)13-12-25(38(3,4)23(39)11-14-41(24,40)7)54-36-32(49)29(46)30(47)33(55-36)34(50)51/h8,19-20,22-33,35-36,43-49H,9-18H2,1-7H3,(H,50,51)/t19?,20?,22-,23?,24?,25?,26?,27-,28+,29+,30+,31-,32-,33+,35+,36-,39?,40?,41?,42?/m1/s1. The maximum absolute atomic E-state index is 14.6. The quantitative estimate of drug-likeness (QED) is 0.110. The van der Waals surface area contributed by atoms with E-state index in [4.69, 9.17) is 18.9 Å². The number of allylic oxidation sites excluding steroid dienone is 2. The summed E-state index contributed by atoms with van der Waals surface area (Å²) >= 11 is 0. The van der Waals surface area contributed by atoms with Crippen LogP contribution in [-0.2, 0) is 28.5 Å². The molecule has 0 radical (unpaired) electrons. The molecule has 2 aliphatic heterocycles. The molecule has 14 heteroatoms. The number of carboxylic acid groups (broad SMARTS) is 1. The van der Waals surface area contributed by atoms with E-state index in [1.807, 2.05) is 0 Å². The van der Waals surface area contributed by atoms with Gasteiger partial charge in [-0.05, 0) is 109 Å². The highest BCUT2D eigenvalue weighted by atomic mass is 16.7. The lowest BCUT2D eigenvalue weighted by molar-refractivity contribution is -0.324. The normalized spacial score (nSPS) is 54.0. The molecule has 20 atom stereocenters. The SMILES string of the molecule is CC1CCC2(C(=O)O[C@@H]3O[C@H](CO)[C@@H](O)[C@H](O)[C@H]3O)CCC3(C)C(=CCC4C5(C)CCC(O[C@@H]6O[C@H](C(=O)O)[C@@H](O)[C@H](O)[C@H]6O)C(C)(C)C5CCC43C)C2C1C. The van der Waals surface area contributed by atoms with Crippen molar-refractivity contribution in [2.75, 3.05) is 6.61 Å². The summed E-state index contributed by atoms with van der Waals surface area (Å²) in [5.41, 5.74) is -0.417. The number of ether oxygens (including phenoxy) is 4. The molecule has 7 rings (SSSR count). The summed E-state index contributed by atoms with van der Waals surface area (Å²) in [5.74, 6) is -1.00. The summed E-state index contributed by atoms with van der Waals surface area (Å²) < 4.78 is 23.6. The fraction of sp³-hybridized carbons (Fsp3) is 0.905. The fourth-order valence-electron chi connectivity index (χ4n) is 13.8. The van der Waals surface area contributed by atoms with Gasteiger partial charge in [0.05, 0.1) is 18.1 Å². The molecule has 0 aromatic heterocycles. The number of aliphatic hydroxyl groups is 7. The van der Waals surface area contributed by atoms with Crippen molar-refractivity contribution in [3.05, 3.63) is 11.6 Å². The maximum atomic E-state index is 14.6. The third kappa shape index (κ3) is 6.01. The first-order chi connectivity index (χ1) is 26.1. The number of rotatable bonds is 6. The minimum atomic E-state index is -1.79. The Hall–Kier alpha value is -1.72. The lowest BCUT2D eigenvalue weighted by Gasteiger charge is -2.71. The molecule has 2 saturated heterocycles. The molecule has 0 bridgehead atoms. The second-order valence-electron chi connectivity index (χ2n) is 20.1. The van der Waals surface area contributed by atoms with Gasteiger partial charge in [0.2, 0.25) is 6.29 Å². The van der Waals surface area contributed by atoms with Gasteiger partial charge in [-0.15, -0.1) is 0 Å². The summed E-state index contributed by atoms with van der Waals surface area (Å²) in [4.78, 5) is 26.4. The zero-order chi connectivity index (χ0) is 41.1. The highest BCUT2D eigenvalue weighted by Crippen LogP contribution is 2.76. The lowest BCUT2D eigenvalue weighted by atomic mass is 9.33. The van der Waals surface area contributed by atoms with Crippen molar-refractivity contribution < 1.29 is 69.4 Å². The summed E-state index contributed by atoms with van der Waals surface area (Å²) in [6.45, 7) is 15.5. The van der Waals surface area contributed by atoms with Crippen LogP contribution in [0.2, 0.25) is 0 Å². The van der Waals surface area contributed by atoms with Crippen LogP contribution >= 0.6 is 0 Å². The molecular weight excluding hydrogens is 728 g/mol. The van der Waals surface area contributed by atoms with Crippen molar-refractivity contribution in [2.45, 2.75) is 174 Å². The van der Waals surface area contributed by atoms with Crippen molar-refractivity contribution in [1.82, 2.24) is 0 Å². The molecule has 2 heterocycles. The van der Waals surface area contributed by atoms with Crippen LogP contribution in [-0.4, -0.2) is 127 Å². The van der Waals surface area contributed by atoms with E-state index < -0.39 is 96.9 Å². The molecule has 56 heavy (non-hydrogen) atoms. The van der Waals surface area contributed by atoms with Crippen LogP contribution in [0.15, 0.2) is 11.6 Å². The van der Waals surface area contributed by atoms with E-state index in [1.54, 1.807) is 0 Å². The van der Waals surface area contributed by atoms with Crippen molar-refractivity contribution in [3.8, 4) is 0 Å². The third-order valence-corrected chi connectivity index (χ3v) is 17.5. The van der Waals surface area contributed by atoms with Crippen molar-refractivity contribution >= 4 is 11.9 Å². The first-order valence-corrected chi connectivity index (χ1v) is 20.9. The largest absolute Gasteiger partial charge is 0.479 e. The number of hydrogen-bond donors (Lipinski definition) is 8. The van der Waals surface area contributed by atoms with Crippen molar-refractivity contribution in [2.24, 2.45) is 56.7 Å². The lowest BCUT2D eigenvalue weighted by Crippen LogP contribution is -2.66. The van der Waals surface area contributed by atoms with Gasteiger partial charge in [-0.3, -0.25) is 4.79 Å². The summed E-state index contributed by atoms with van der Waals surface area (Å²) in [7, 11) is 0. The van der Waals surface area contributed by atoms with Gasteiger partial charge in [0, 0.05) is 0 Å². The topological polar surface area (TPSA) is 233 Å². The number of carboxylic acids is 1. The van der Waals surface area contributed by atoms with Gasteiger partial charge in [0.15, 0.2) is 12.4 Å². The number of esters is 1. The van der Waals surface area contributed by atoms with E-state index in [2.05, 4.69) is 54.5 Å². The van der Waals surface area contributed by atoms with E-state index in [1.165, 1.54) is 5.57 Å². The molecule has 0 spiro atoms. The Kier molecular flexibility index (Phi) is 11.0. The van der Waals surface area contributed by atoms with Crippen LogP contribution < -0.4 is 0 Å². The minimum Gasteiger partial charge on any atom is -0.479 e. The molecular formula is C42H66O14. The first kappa shape index (κ1) is 42.4. The zero-order valence-electron chi connectivity index (χ0n) is 33.9. The molecule has 0 aromatic rings. The summed E-state index contributed by atoms with van der Waals surface area (Å²) in [6.07, 6.45) is -6.88. The van der Waals surface area contributed by atoms with Gasteiger partial charge in [-0.1, -0.05) is 60.1 Å². The van der Waals surface area contributed by atoms with Gasteiger partial charge >= 0.3 is 11.9 Å². The number of hydrogen-bond acceptors (Lipinski definition) is 13. The van der Waals surface area contributed by atoms with E-state index in [0.29, 0.717) is 31.1 Å². The number of aliphatic carboxylic acids is 1. The minimum absolute atomic E-state index is 0.102. The Morgan fingerprint density at radius 3 is 2.09 bits per heavy atom. The number of fused-ring (bicyclic) bond motifs is 7. The predicted molar refractivity (Wildman–Crippen MR) is 198 cm³/mol. The van der Waals surface area contributed by atoms with Crippen LogP contribution in [0.25, 0.3) is 0 Å². The number of aliphatic hydroxyl groups excluding tert-OH is 7. The molecule has 5 aliphatic carbocycles. The number of carbonyl (C=O) groups is 2. The van der Waals surface area contributed by atoms with Crippen molar-refractivity contribution in [1.29, 1.82) is 0 Å². The zero-order valence-corrected chi connectivity index (χ0v) is 33.9. The third-order valence-electron chi connectivity index (χ3n) is 17.5. The van der Waals surface area contributed by atoms with E-state index in [9.17, 15) is 50.4 Å². The van der Waals surface area contributed by atoms with Crippen LogP contribution in [0.1, 0.15) is 106 Å². The van der Waals surface area contributed by atoms with E-state index in [0.717, 1.165) is 38.5 Å². The number of carbonyl (C=O) groups excluding carboxylic acids is 1. The second kappa shape index (κ2) is 14.5. The van der Waals surface area contributed by atoms with Gasteiger partial charge < -0.3 is 59.8 Å². The van der Waals surface area contributed by atoms with Crippen LogP contribution in [0, 0.1) is 56.7 Å². The van der Waals surface area contributed by atoms with Crippen LogP contribution in [0.4, 0.5) is 0 Å². The molecule has 8 N–H and O–H groups in total. The predicted octanol–water partition coefficient (Wildman–Crippen LogP) is 2.26. The average Bonchev–Trinajstić information content (AvgIpc) is 3.14. The van der Waals surface area contributed by atoms with Gasteiger partial charge in [-0.25, -0.2) is 4.79 Å².